The van der Waals surface area contributed by atoms with Gasteiger partial charge in [-0.3, -0.25) is 4.79 Å². The smallest absolute Gasteiger partial charge is 0.271 e. The van der Waals surface area contributed by atoms with Crippen molar-refractivity contribution in [1.82, 2.24) is 15.5 Å². The molecule has 6 heteroatoms. The average Bonchev–Trinajstić information content (AvgIpc) is 3.07. The number of anilines is 1. The number of ether oxygens (including phenoxy) is 1. The zero-order valence-corrected chi connectivity index (χ0v) is 13.1. The van der Waals surface area contributed by atoms with Crippen LogP contribution in [-0.4, -0.2) is 48.4 Å². The van der Waals surface area contributed by atoms with E-state index in [9.17, 15) is 4.79 Å². The van der Waals surface area contributed by atoms with Gasteiger partial charge in [0.15, 0.2) is 11.5 Å². The largest absolute Gasteiger partial charge is 0.376 e. The van der Waals surface area contributed by atoms with Gasteiger partial charge in [-0.1, -0.05) is 6.92 Å². The number of nitrogens with zero attached hydrogens (tertiary/aromatic N) is 3. The monoisotopic (exact) mass is 304 g/mol. The predicted octanol–water partition coefficient (Wildman–Crippen LogP) is 1.62. The van der Waals surface area contributed by atoms with E-state index >= 15 is 0 Å². The van der Waals surface area contributed by atoms with E-state index in [1.165, 1.54) is 12.8 Å². The molecule has 0 spiro atoms. The Morgan fingerprint density at radius 3 is 2.77 bits per heavy atom. The van der Waals surface area contributed by atoms with E-state index in [0.29, 0.717) is 12.2 Å². The van der Waals surface area contributed by atoms with Crippen molar-refractivity contribution in [3.8, 4) is 0 Å². The molecule has 2 saturated heterocycles. The summed E-state index contributed by atoms with van der Waals surface area (Å²) >= 11 is 0. The molecule has 2 aliphatic heterocycles. The van der Waals surface area contributed by atoms with Crippen molar-refractivity contribution < 1.29 is 9.53 Å². The van der Waals surface area contributed by atoms with Crippen LogP contribution in [0.25, 0.3) is 0 Å². The third-order valence-electron chi connectivity index (χ3n) is 4.51. The first kappa shape index (κ1) is 15.2. The van der Waals surface area contributed by atoms with Gasteiger partial charge in [0.05, 0.1) is 6.10 Å². The molecule has 6 nitrogen and oxygen atoms in total. The number of nitrogens with one attached hydrogen (secondary N) is 1. The molecule has 2 fully saturated rings. The minimum atomic E-state index is -0.179. The Labute approximate surface area is 131 Å². The van der Waals surface area contributed by atoms with E-state index in [-0.39, 0.29) is 12.0 Å². The number of hydrogen-bond donors (Lipinski definition) is 1. The second kappa shape index (κ2) is 7.05. The second-order valence-corrected chi connectivity index (χ2v) is 6.29. The van der Waals surface area contributed by atoms with Crippen molar-refractivity contribution in [3.63, 3.8) is 0 Å². The van der Waals surface area contributed by atoms with Crippen LogP contribution in [0, 0.1) is 5.92 Å². The molecule has 3 heterocycles. The fourth-order valence-electron chi connectivity index (χ4n) is 2.96. The van der Waals surface area contributed by atoms with Crippen LogP contribution in [0.5, 0.6) is 0 Å². The Morgan fingerprint density at radius 2 is 2.14 bits per heavy atom. The van der Waals surface area contributed by atoms with Crippen molar-refractivity contribution in [2.75, 3.05) is 31.1 Å². The highest BCUT2D eigenvalue weighted by Gasteiger charge is 2.19. The molecule has 0 saturated carbocycles. The lowest BCUT2D eigenvalue weighted by atomic mass is 9.99. The molecule has 3 rings (SSSR count). The van der Waals surface area contributed by atoms with Gasteiger partial charge in [0.1, 0.15) is 0 Å². The van der Waals surface area contributed by atoms with Gasteiger partial charge in [-0.05, 0) is 43.7 Å². The zero-order chi connectivity index (χ0) is 15.4. The first-order chi connectivity index (χ1) is 10.7. The molecule has 1 N–H and O–H groups in total. The maximum atomic E-state index is 12.0. The summed E-state index contributed by atoms with van der Waals surface area (Å²) in [5.74, 6) is 1.47. The van der Waals surface area contributed by atoms with Crippen molar-refractivity contribution in [1.29, 1.82) is 0 Å². The van der Waals surface area contributed by atoms with Crippen LogP contribution in [0.2, 0.25) is 0 Å². The van der Waals surface area contributed by atoms with Crippen LogP contribution in [-0.2, 0) is 4.74 Å². The Kier molecular flexibility index (Phi) is 4.87. The number of carbonyl (C=O) groups is 1. The van der Waals surface area contributed by atoms with Gasteiger partial charge >= 0.3 is 0 Å². The van der Waals surface area contributed by atoms with Crippen molar-refractivity contribution in [2.24, 2.45) is 5.92 Å². The van der Waals surface area contributed by atoms with E-state index in [2.05, 4.69) is 27.3 Å². The summed E-state index contributed by atoms with van der Waals surface area (Å²) in [7, 11) is 0. The minimum Gasteiger partial charge on any atom is -0.376 e. The topological polar surface area (TPSA) is 67.4 Å². The summed E-state index contributed by atoms with van der Waals surface area (Å²) in [6.45, 7) is 5.65. The standard InChI is InChI=1S/C16H24N4O2/c1-12-6-8-20(9-7-12)15-5-4-14(18-19-15)16(21)17-11-13-3-2-10-22-13/h4-5,12-13H,2-3,6-11H2,1H3,(H,17,21). The van der Waals surface area contributed by atoms with Gasteiger partial charge in [0.25, 0.3) is 5.91 Å². The molecule has 22 heavy (non-hydrogen) atoms. The Balaban J connectivity index is 1.53. The molecule has 1 atom stereocenters. The zero-order valence-electron chi connectivity index (χ0n) is 13.1. The predicted molar refractivity (Wildman–Crippen MR) is 84.0 cm³/mol. The maximum absolute atomic E-state index is 12.0. The lowest BCUT2D eigenvalue weighted by molar-refractivity contribution is 0.0853. The van der Waals surface area contributed by atoms with Gasteiger partial charge in [-0.25, -0.2) is 0 Å². The van der Waals surface area contributed by atoms with E-state index < -0.39 is 0 Å². The summed E-state index contributed by atoms with van der Waals surface area (Å²) in [6, 6.07) is 3.65. The lowest BCUT2D eigenvalue weighted by Crippen LogP contribution is -2.34. The molecular weight excluding hydrogens is 280 g/mol. The first-order valence-electron chi connectivity index (χ1n) is 8.21. The number of rotatable bonds is 4. The van der Waals surface area contributed by atoms with Crippen molar-refractivity contribution in [2.45, 2.75) is 38.7 Å². The minimum absolute atomic E-state index is 0.145. The van der Waals surface area contributed by atoms with Crippen LogP contribution in [0.4, 0.5) is 5.82 Å². The average molecular weight is 304 g/mol. The molecule has 120 valence electrons. The molecule has 1 aromatic heterocycles. The van der Waals surface area contributed by atoms with Gasteiger partial charge in [0.2, 0.25) is 0 Å². The summed E-state index contributed by atoms with van der Waals surface area (Å²) in [6.07, 6.45) is 4.60. The van der Waals surface area contributed by atoms with Crippen LogP contribution < -0.4 is 10.2 Å². The van der Waals surface area contributed by atoms with E-state index in [1.54, 1.807) is 6.07 Å². The molecule has 0 aromatic carbocycles. The highest BCUT2D eigenvalue weighted by molar-refractivity contribution is 5.92. The SMILES string of the molecule is CC1CCN(c2ccc(C(=O)NCC3CCCO3)nn2)CC1. The summed E-state index contributed by atoms with van der Waals surface area (Å²) in [4.78, 5) is 14.3. The van der Waals surface area contributed by atoms with Crippen molar-refractivity contribution >= 4 is 11.7 Å². The molecule has 0 aliphatic carbocycles. The fraction of sp³-hybridized carbons (Fsp3) is 0.688. The highest BCUT2D eigenvalue weighted by Crippen LogP contribution is 2.20. The molecule has 0 bridgehead atoms. The second-order valence-electron chi connectivity index (χ2n) is 6.29. The van der Waals surface area contributed by atoms with Gasteiger partial charge in [-0.2, -0.15) is 0 Å². The number of amides is 1. The number of aromatic nitrogens is 2. The van der Waals surface area contributed by atoms with Gasteiger partial charge in [0, 0.05) is 26.2 Å². The van der Waals surface area contributed by atoms with Crippen molar-refractivity contribution in [3.05, 3.63) is 17.8 Å². The molecule has 2 aliphatic rings. The maximum Gasteiger partial charge on any atom is 0.271 e. The normalized spacial score (nSPS) is 22.8. The third-order valence-corrected chi connectivity index (χ3v) is 4.51. The quantitative estimate of drug-likeness (QED) is 0.915. The van der Waals surface area contributed by atoms with Crippen LogP contribution >= 0.6 is 0 Å². The van der Waals surface area contributed by atoms with Gasteiger partial charge in [-0.15, -0.1) is 10.2 Å². The molecule has 1 aromatic rings. The molecular formula is C16H24N4O2. The summed E-state index contributed by atoms with van der Waals surface area (Å²) < 4.78 is 5.49. The summed E-state index contributed by atoms with van der Waals surface area (Å²) in [5, 5.41) is 11.2. The van der Waals surface area contributed by atoms with Crippen LogP contribution in [0.3, 0.4) is 0 Å². The van der Waals surface area contributed by atoms with Gasteiger partial charge < -0.3 is 15.0 Å². The molecule has 0 radical (unpaired) electrons. The Bertz CT molecular complexity index is 491. The molecule has 1 unspecified atom stereocenters. The molecule has 1 amide bonds. The number of piperidine rings is 1. The first-order valence-corrected chi connectivity index (χ1v) is 8.21. The fourth-order valence-corrected chi connectivity index (χ4v) is 2.96. The van der Waals surface area contributed by atoms with E-state index in [0.717, 1.165) is 44.3 Å². The Morgan fingerprint density at radius 1 is 1.32 bits per heavy atom. The Hall–Kier alpha value is -1.69. The van der Waals surface area contributed by atoms with E-state index in [1.807, 2.05) is 6.07 Å². The lowest BCUT2D eigenvalue weighted by Gasteiger charge is -2.30. The van der Waals surface area contributed by atoms with E-state index in [4.69, 9.17) is 4.74 Å². The third kappa shape index (κ3) is 3.74. The number of carbonyl (C=O) groups excluding carboxylic acids is 1. The number of hydrogen-bond acceptors (Lipinski definition) is 5. The summed E-state index contributed by atoms with van der Waals surface area (Å²) in [5.41, 5.74) is 0.368. The van der Waals surface area contributed by atoms with Crippen LogP contribution in [0.15, 0.2) is 12.1 Å². The van der Waals surface area contributed by atoms with Crippen LogP contribution in [0.1, 0.15) is 43.1 Å². The highest BCUT2D eigenvalue weighted by atomic mass is 16.5.